The van der Waals surface area contributed by atoms with Crippen LogP contribution < -0.4 is 10.9 Å². The minimum Gasteiger partial charge on any atom is -0.381 e. The topological polar surface area (TPSA) is 79.4 Å². The van der Waals surface area contributed by atoms with Crippen LogP contribution >= 0.6 is 11.8 Å². The SMILES string of the molecule is COC1CC(N2CCC(C(C)n3c(C)c(C(=O)NCc4c(SC)cc(C)[nH]c4=O)c4ccccc43)CC2)C1. The van der Waals surface area contributed by atoms with Crippen LogP contribution in [0.15, 0.2) is 40.0 Å². The summed E-state index contributed by atoms with van der Waals surface area (Å²) in [6.45, 7) is 8.70. The maximum absolute atomic E-state index is 13.6. The van der Waals surface area contributed by atoms with Crippen LogP contribution in [0.25, 0.3) is 10.9 Å². The highest BCUT2D eigenvalue weighted by atomic mass is 32.2. The number of thioether (sulfide) groups is 1. The van der Waals surface area contributed by atoms with Gasteiger partial charge in [-0.1, -0.05) is 18.2 Å². The summed E-state index contributed by atoms with van der Waals surface area (Å²) >= 11 is 1.52. The summed E-state index contributed by atoms with van der Waals surface area (Å²) in [6.07, 6.45) is 7.03. The minimum atomic E-state index is -0.145. The number of hydrogen-bond acceptors (Lipinski definition) is 5. The van der Waals surface area contributed by atoms with Gasteiger partial charge in [-0.25, -0.2) is 0 Å². The Labute approximate surface area is 229 Å². The number of likely N-dealkylation sites (tertiary alicyclic amines) is 1. The minimum absolute atomic E-state index is 0.135. The van der Waals surface area contributed by atoms with Crippen molar-refractivity contribution in [1.29, 1.82) is 0 Å². The van der Waals surface area contributed by atoms with Crippen molar-refractivity contribution in [3.8, 4) is 0 Å². The molecule has 38 heavy (non-hydrogen) atoms. The zero-order valence-electron chi connectivity index (χ0n) is 23.2. The zero-order chi connectivity index (χ0) is 27.0. The molecular weight excluding hydrogens is 496 g/mol. The van der Waals surface area contributed by atoms with E-state index in [0.29, 0.717) is 35.2 Å². The largest absolute Gasteiger partial charge is 0.381 e. The van der Waals surface area contributed by atoms with Gasteiger partial charge in [0.25, 0.3) is 11.5 Å². The maximum atomic E-state index is 13.6. The number of ether oxygens (including phenoxy) is 1. The Kier molecular flexibility index (Phi) is 8.03. The highest BCUT2D eigenvalue weighted by molar-refractivity contribution is 7.98. The number of nitrogens with one attached hydrogen (secondary N) is 2. The van der Waals surface area contributed by atoms with Crippen LogP contribution in [0.4, 0.5) is 0 Å². The molecule has 2 N–H and O–H groups in total. The number of hydrogen-bond donors (Lipinski definition) is 2. The van der Waals surface area contributed by atoms with Crippen molar-refractivity contribution in [2.24, 2.45) is 5.92 Å². The van der Waals surface area contributed by atoms with E-state index in [-0.39, 0.29) is 18.0 Å². The number of pyridine rings is 1. The number of nitrogens with zero attached hydrogens (tertiary/aromatic N) is 2. The second kappa shape index (κ2) is 11.3. The van der Waals surface area contributed by atoms with E-state index in [0.717, 1.165) is 66.0 Å². The average molecular weight is 537 g/mol. The monoisotopic (exact) mass is 536 g/mol. The summed E-state index contributed by atoms with van der Waals surface area (Å²) < 4.78 is 7.86. The second-order valence-corrected chi connectivity index (χ2v) is 11.8. The van der Waals surface area contributed by atoms with Crippen molar-refractivity contribution >= 4 is 28.6 Å². The van der Waals surface area contributed by atoms with Gasteiger partial charge in [-0.3, -0.25) is 9.59 Å². The number of aryl methyl sites for hydroxylation is 1. The molecule has 2 fully saturated rings. The van der Waals surface area contributed by atoms with Gasteiger partial charge in [0, 0.05) is 58.5 Å². The van der Waals surface area contributed by atoms with Crippen molar-refractivity contribution in [3.05, 3.63) is 63.2 Å². The number of para-hydroxylation sites is 1. The van der Waals surface area contributed by atoms with Gasteiger partial charge in [0.05, 0.1) is 11.7 Å². The van der Waals surface area contributed by atoms with Crippen LogP contribution in [0.1, 0.15) is 66.0 Å². The number of carbonyl (C=O) groups excluding carboxylic acids is 1. The van der Waals surface area contributed by atoms with Crippen LogP contribution in [-0.2, 0) is 11.3 Å². The van der Waals surface area contributed by atoms with Gasteiger partial charge in [-0.05, 0) is 83.9 Å². The molecule has 1 atom stereocenters. The van der Waals surface area contributed by atoms with Crippen LogP contribution in [-0.4, -0.2) is 59.0 Å². The number of H-pyrrole nitrogens is 1. The van der Waals surface area contributed by atoms with Crippen LogP contribution in [0.5, 0.6) is 0 Å². The number of rotatable bonds is 8. The van der Waals surface area contributed by atoms with Gasteiger partial charge in [0.15, 0.2) is 0 Å². The maximum Gasteiger partial charge on any atom is 0.254 e. The Hall–Kier alpha value is -2.55. The number of benzene rings is 1. The molecule has 0 radical (unpaired) electrons. The molecule has 2 aromatic heterocycles. The van der Waals surface area contributed by atoms with E-state index in [4.69, 9.17) is 4.74 Å². The lowest BCUT2D eigenvalue weighted by Crippen LogP contribution is -2.51. The predicted octanol–water partition coefficient (Wildman–Crippen LogP) is 5.05. The molecule has 7 nitrogen and oxygen atoms in total. The standard InChI is InChI=1S/C30H40N4O3S/c1-18-14-27(38-5)25(29(35)32-18)17-31-30(36)28-20(3)34(26-9-7-6-8-24(26)28)19(2)21-10-12-33(13-11-21)22-15-23(16-22)37-4/h6-9,14,19,21-23H,10-13,15-17H2,1-5H3,(H,31,36)(H,32,35). The van der Waals surface area contributed by atoms with E-state index in [1.165, 1.54) is 11.8 Å². The smallest absolute Gasteiger partial charge is 0.254 e. The predicted molar refractivity (Wildman–Crippen MR) is 154 cm³/mol. The lowest BCUT2D eigenvalue weighted by molar-refractivity contribution is -0.0381. The number of methoxy groups -OCH3 is 1. The van der Waals surface area contributed by atoms with Crippen LogP contribution in [0.3, 0.4) is 0 Å². The molecule has 5 rings (SSSR count). The molecule has 2 aliphatic rings. The summed E-state index contributed by atoms with van der Waals surface area (Å²) in [6, 6.07) is 11.1. The molecule has 1 aliphatic carbocycles. The molecule has 0 bridgehead atoms. The highest BCUT2D eigenvalue weighted by Crippen LogP contribution is 2.38. The Morgan fingerprint density at radius 1 is 1.21 bits per heavy atom. The molecule has 1 aromatic carbocycles. The zero-order valence-corrected chi connectivity index (χ0v) is 24.0. The molecule has 1 unspecified atom stereocenters. The van der Waals surface area contributed by atoms with Gasteiger partial charge in [0.1, 0.15) is 0 Å². The third-order valence-electron chi connectivity index (χ3n) is 8.84. The number of aromatic amines is 1. The van der Waals surface area contributed by atoms with Crippen molar-refractivity contribution in [1.82, 2.24) is 19.8 Å². The fourth-order valence-corrected chi connectivity index (χ4v) is 7.21. The number of fused-ring (bicyclic) bond motifs is 1. The van der Waals surface area contributed by atoms with Gasteiger partial charge in [0.2, 0.25) is 0 Å². The number of piperidine rings is 1. The number of amides is 1. The first-order valence-corrected chi connectivity index (χ1v) is 15.0. The fourth-order valence-electron chi connectivity index (χ4n) is 6.50. The molecular formula is C30H40N4O3S. The summed E-state index contributed by atoms with van der Waals surface area (Å²) in [5, 5.41) is 4.02. The average Bonchev–Trinajstić information content (AvgIpc) is 3.18. The van der Waals surface area contributed by atoms with E-state index in [1.807, 2.05) is 38.5 Å². The molecule has 8 heteroatoms. The Morgan fingerprint density at radius 2 is 1.92 bits per heavy atom. The Bertz CT molecular complexity index is 1370. The van der Waals surface area contributed by atoms with Gasteiger partial charge in [-0.2, -0.15) is 0 Å². The third-order valence-corrected chi connectivity index (χ3v) is 9.65. The molecule has 1 saturated heterocycles. The summed E-state index contributed by atoms with van der Waals surface area (Å²) in [7, 11) is 1.82. The third kappa shape index (κ3) is 5.06. The van der Waals surface area contributed by atoms with Crippen molar-refractivity contribution in [3.63, 3.8) is 0 Å². The molecule has 1 aliphatic heterocycles. The lowest BCUT2D eigenvalue weighted by Gasteiger charge is -2.46. The summed E-state index contributed by atoms with van der Waals surface area (Å²) in [4.78, 5) is 32.6. The summed E-state index contributed by atoms with van der Waals surface area (Å²) in [5.41, 5.74) is 4.07. The molecule has 1 amide bonds. The van der Waals surface area contributed by atoms with Gasteiger partial charge in [-0.15, -0.1) is 11.8 Å². The van der Waals surface area contributed by atoms with E-state index in [9.17, 15) is 9.59 Å². The van der Waals surface area contributed by atoms with E-state index in [1.54, 1.807) is 0 Å². The highest BCUT2D eigenvalue weighted by Gasteiger charge is 2.37. The Balaban J connectivity index is 1.35. The number of carbonyl (C=O) groups is 1. The normalized spacial score (nSPS) is 21.4. The molecule has 0 spiro atoms. The first kappa shape index (κ1) is 27.0. The van der Waals surface area contributed by atoms with Crippen molar-refractivity contribution in [2.75, 3.05) is 26.5 Å². The quantitative estimate of drug-likeness (QED) is 0.394. The number of aromatic nitrogens is 2. The van der Waals surface area contributed by atoms with Crippen LogP contribution in [0, 0.1) is 19.8 Å². The van der Waals surface area contributed by atoms with Crippen molar-refractivity contribution in [2.45, 2.75) is 76.1 Å². The lowest BCUT2D eigenvalue weighted by atomic mass is 9.83. The van der Waals surface area contributed by atoms with Crippen LogP contribution in [0.2, 0.25) is 0 Å². The van der Waals surface area contributed by atoms with Gasteiger partial charge >= 0.3 is 0 Å². The molecule has 204 valence electrons. The summed E-state index contributed by atoms with van der Waals surface area (Å²) in [5.74, 6) is 0.425. The van der Waals surface area contributed by atoms with E-state index >= 15 is 0 Å². The van der Waals surface area contributed by atoms with E-state index in [2.05, 4.69) is 45.7 Å². The van der Waals surface area contributed by atoms with E-state index < -0.39 is 0 Å². The van der Waals surface area contributed by atoms with Gasteiger partial charge < -0.3 is 24.5 Å². The molecule has 1 saturated carbocycles. The first-order chi connectivity index (χ1) is 18.3. The second-order valence-electron chi connectivity index (χ2n) is 11.0. The molecule has 3 heterocycles. The van der Waals surface area contributed by atoms with Crippen molar-refractivity contribution < 1.29 is 9.53 Å². The first-order valence-electron chi connectivity index (χ1n) is 13.7. The fraction of sp³-hybridized carbons (Fsp3) is 0.533. The Morgan fingerprint density at radius 3 is 2.61 bits per heavy atom. The molecule has 3 aromatic rings.